The SMILES string of the molecule is COC(=O)CN1CCN(Cc2cccc(NC(=O)Nc3ccc(C)nc3)c2F)C[C@H]1C(=O)OC. The molecule has 1 aliphatic rings. The molecule has 10 nitrogen and oxygen atoms in total. The molecule has 1 saturated heterocycles. The monoisotopic (exact) mass is 473 g/mol. The molecule has 2 heterocycles. The van der Waals surface area contributed by atoms with E-state index in [0.29, 0.717) is 24.3 Å². The Labute approximate surface area is 197 Å². The average Bonchev–Trinajstić information content (AvgIpc) is 2.83. The predicted molar refractivity (Wildman–Crippen MR) is 123 cm³/mol. The number of anilines is 2. The van der Waals surface area contributed by atoms with Crippen molar-refractivity contribution in [1.29, 1.82) is 0 Å². The summed E-state index contributed by atoms with van der Waals surface area (Å²) in [6, 6.07) is 6.91. The number of carbonyl (C=O) groups excluding carboxylic acids is 3. The summed E-state index contributed by atoms with van der Waals surface area (Å²) >= 11 is 0. The summed E-state index contributed by atoms with van der Waals surface area (Å²) in [6.45, 7) is 3.16. The fourth-order valence-electron chi connectivity index (χ4n) is 3.67. The molecule has 0 radical (unpaired) electrons. The summed E-state index contributed by atoms with van der Waals surface area (Å²) in [6.07, 6.45) is 1.51. The molecule has 0 saturated carbocycles. The zero-order chi connectivity index (χ0) is 24.7. The van der Waals surface area contributed by atoms with Crippen LogP contribution < -0.4 is 10.6 Å². The second-order valence-electron chi connectivity index (χ2n) is 7.87. The van der Waals surface area contributed by atoms with Crippen molar-refractivity contribution in [3.63, 3.8) is 0 Å². The fourth-order valence-corrected chi connectivity index (χ4v) is 3.67. The minimum Gasteiger partial charge on any atom is -0.468 e. The third-order valence-corrected chi connectivity index (χ3v) is 5.50. The van der Waals surface area contributed by atoms with Crippen LogP contribution in [0, 0.1) is 12.7 Å². The third kappa shape index (κ3) is 6.49. The Morgan fingerprint density at radius 1 is 1.12 bits per heavy atom. The molecule has 0 unspecified atom stereocenters. The van der Waals surface area contributed by atoms with E-state index in [4.69, 9.17) is 9.47 Å². The summed E-state index contributed by atoms with van der Waals surface area (Å²) in [4.78, 5) is 44.0. The van der Waals surface area contributed by atoms with E-state index in [-0.39, 0.29) is 25.3 Å². The van der Waals surface area contributed by atoms with E-state index in [0.717, 1.165) is 5.69 Å². The fraction of sp³-hybridized carbons (Fsp3) is 0.391. The van der Waals surface area contributed by atoms with Crippen molar-refractivity contribution in [2.75, 3.05) is 51.0 Å². The molecular formula is C23H28FN5O5. The first kappa shape index (κ1) is 25.1. The first-order chi connectivity index (χ1) is 16.3. The molecule has 1 atom stereocenters. The van der Waals surface area contributed by atoms with Crippen molar-refractivity contribution >= 4 is 29.3 Å². The molecular weight excluding hydrogens is 445 g/mol. The lowest BCUT2D eigenvalue weighted by atomic mass is 10.1. The van der Waals surface area contributed by atoms with Crippen LogP contribution in [0.5, 0.6) is 0 Å². The van der Waals surface area contributed by atoms with Crippen molar-refractivity contribution < 1.29 is 28.2 Å². The van der Waals surface area contributed by atoms with Gasteiger partial charge in [-0.25, -0.2) is 9.18 Å². The molecule has 3 rings (SSSR count). The number of benzene rings is 1. The quantitative estimate of drug-likeness (QED) is 0.588. The van der Waals surface area contributed by atoms with Crippen LogP contribution in [-0.4, -0.2) is 79.2 Å². The largest absolute Gasteiger partial charge is 0.468 e. The molecule has 0 aliphatic carbocycles. The lowest BCUT2D eigenvalue weighted by Gasteiger charge is -2.39. The molecule has 2 N–H and O–H groups in total. The van der Waals surface area contributed by atoms with Gasteiger partial charge in [0.15, 0.2) is 5.82 Å². The van der Waals surface area contributed by atoms with Crippen LogP contribution in [0.25, 0.3) is 0 Å². The number of amides is 2. The molecule has 1 aromatic carbocycles. The zero-order valence-electron chi connectivity index (χ0n) is 19.3. The number of urea groups is 1. The Morgan fingerprint density at radius 2 is 1.91 bits per heavy atom. The number of esters is 2. The predicted octanol–water partition coefficient (Wildman–Crippen LogP) is 2.01. The smallest absolute Gasteiger partial charge is 0.324 e. The molecule has 182 valence electrons. The number of nitrogens with zero attached hydrogens (tertiary/aromatic N) is 3. The summed E-state index contributed by atoms with van der Waals surface area (Å²) < 4.78 is 24.7. The number of hydrogen-bond acceptors (Lipinski definition) is 8. The number of pyridine rings is 1. The highest BCUT2D eigenvalue weighted by Crippen LogP contribution is 2.22. The number of halogens is 1. The van der Waals surface area contributed by atoms with Gasteiger partial charge in [-0.05, 0) is 25.1 Å². The number of rotatable bonds is 7. The van der Waals surface area contributed by atoms with E-state index in [1.54, 1.807) is 29.2 Å². The first-order valence-corrected chi connectivity index (χ1v) is 10.7. The second-order valence-corrected chi connectivity index (χ2v) is 7.87. The molecule has 2 amide bonds. The number of aromatic nitrogens is 1. The van der Waals surface area contributed by atoms with E-state index in [1.807, 2.05) is 11.8 Å². The van der Waals surface area contributed by atoms with Gasteiger partial charge in [-0.2, -0.15) is 0 Å². The van der Waals surface area contributed by atoms with Crippen LogP contribution >= 0.6 is 0 Å². The Bertz CT molecular complexity index is 1030. The Kier molecular flexibility index (Phi) is 8.50. The molecule has 11 heteroatoms. The third-order valence-electron chi connectivity index (χ3n) is 5.50. The zero-order valence-corrected chi connectivity index (χ0v) is 19.3. The highest BCUT2D eigenvalue weighted by molar-refractivity contribution is 5.99. The number of nitrogens with one attached hydrogen (secondary N) is 2. The van der Waals surface area contributed by atoms with Crippen molar-refractivity contribution in [1.82, 2.24) is 14.8 Å². The van der Waals surface area contributed by atoms with Crippen molar-refractivity contribution in [3.8, 4) is 0 Å². The number of ether oxygens (including phenoxy) is 2. The Balaban J connectivity index is 1.65. The van der Waals surface area contributed by atoms with Gasteiger partial charge < -0.3 is 20.1 Å². The van der Waals surface area contributed by atoms with Crippen LogP contribution in [0.3, 0.4) is 0 Å². The summed E-state index contributed by atoms with van der Waals surface area (Å²) in [5, 5.41) is 5.13. The Hall–Kier alpha value is -3.57. The normalized spacial score (nSPS) is 16.5. The lowest BCUT2D eigenvalue weighted by Crippen LogP contribution is -2.57. The van der Waals surface area contributed by atoms with Gasteiger partial charge in [-0.1, -0.05) is 12.1 Å². The number of hydrogen-bond donors (Lipinski definition) is 2. The molecule has 0 spiro atoms. The van der Waals surface area contributed by atoms with Gasteiger partial charge in [0.1, 0.15) is 6.04 Å². The molecule has 34 heavy (non-hydrogen) atoms. The van der Waals surface area contributed by atoms with Crippen molar-refractivity contribution in [2.45, 2.75) is 19.5 Å². The maximum absolute atomic E-state index is 15.2. The summed E-state index contributed by atoms with van der Waals surface area (Å²) in [7, 11) is 2.57. The standard InChI is InChI=1S/C23H28FN5O5/c1-15-7-8-17(11-25-15)26-23(32)27-18-6-4-5-16(21(18)24)12-28-9-10-29(14-20(30)33-2)19(13-28)22(31)34-3/h4-8,11,19H,9-10,12-14H2,1-3H3,(H2,26,27,32)/t19-/m0/s1. The van der Waals surface area contributed by atoms with Crippen LogP contribution in [0.1, 0.15) is 11.3 Å². The number of piperazine rings is 1. The molecule has 1 fully saturated rings. The van der Waals surface area contributed by atoms with Gasteiger partial charge in [0, 0.05) is 37.4 Å². The number of carbonyl (C=O) groups is 3. The first-order valence-electron chi connectivity index (χ1n) is 10.7. The van der Waals surface area contributed by atoms with E-state index < -0.39 is 29.8 Å². The molecule has 2 aromatic rings. The second kappa shape index (κ2) is 11.5. The van der Waals surface area contributed by atoms with Gasteiger partial charge in [-0.3, -0.25) is 24.4 Å². The molecule has 1 aromatic heterocycles. The summed E-state index contributed by atoms with van der Waals surface area (Å²) in [5.41, 5.74) is 1.69. The van der Waals surface area contributed by atoms with Crippen LogP contribution in [0.15, 0.2) is 36.5 Å². The van der Waals surface area contributed by atoms with Crippen molar-refractivity contribution in [2.24, 2.45) is 0 Å². The van der Waals surface area contributed by atoms with Gasteiger partial charge >= 0.3 is 18.0 Å². The van der Waals surface area contributed by atoms with Crippen LogP contribution in [-0.2, 0) is 25.6 Å². The number of aryl methyl sites for hydroxylation is 1. The minimum atomic E-state index is -0.684. The lowest BCUT2D eigenvalue weighted by molar-refractivity contribution is -0.153. The number of methoxy groups -OCH3 is 2. The van der Waals surface area contributed by atoms with Crippen LogP contribution in [0.4, 0.5) is 20.6 Å². The van der Waals surface area contributed by atoms with Crippen LogP contribution in [0.2, 0.25) is 0 Å². The Morgan fingerprint density at radius 3 is 2.59 bits per heavy atom. The van der Waals surface area contributed by atoms with Gasteiger partial charge in [-0.15, -0.1) is 0 Å². The van der Waals surface area contributed by atoms with Crippen molar-refractivity contribution in [3.05, 3.63) is 53.6 Å². The minimum absolute atomic E-state index is 0.0314. The maximum atomic E-state index is 15.2. The highest BCUT2D eigenvalue weighted by atomic mass is 19.1. The van der Waals surface area contributed by atoms with E-state index in [2.05, 4.69) is 15.6 Å². The van der Waals surface area contributed by atoms with Gasteiger partial charge in [0.25, 0.3) is 0 Å². The average molecular weight is 474 g/mol. The highest BCUT2D eigenvalue weighted by Gasteiger charge is 2.34. The molecule has 1 aliphatic heterocycles. The topological polar surface area (TPSA) is 113 Å². The van der Waals surface area contributed by atoms with Gasteiger partial charge in [0.05, 0.1) is 38.3 Å². The van der Waals surface area contributed by atoms with E-state index in [1.165, 1.54) is 26.5 Å². The maximum Gasteiger partial charge on any atom is 0.324 e. The summed E-state index contributed by atoms with van der Waals surface area (Å²) in [5.74, 6) is -1.50. The van der Waals surface area contributed by atoms with E-state index in [9.17, 15) is 14.4 Å². The van der Waals surface area contributed by atoms with E-state index >= 15 is 4.39 Å². The van der Waals surface area contributed by atoms with Gasteiger partial charge in [0.2, 0.25) is 0 Å². The molecule has 0 bridgehead atoms.